The summed E-state index contributed by atoms with van der Waals surface area (Å²) in [4.78, 5) is 12.4. The lowest BCUT2D eigenvalue weighted by Crippen LogP contribution is -2.13. The lowest BCUT2D eigenvalue weighted by Gasteiger charge is -2.07. The number of hydrogen-bond donors (Lipinski definition) is 0. The molecule has 0 radical (unpaired) electrons. The highest BCUT2D eigenvalue weighted by Gasteiger charge is 2.20. The van der Waals surface area contributed by atoms with Gasteiger partial charge in [-0.1, -0.05) is 59.8 Å². The summed E-state index contributed by atoms with van der Waals surface area (Å²) < 4.78 is 5.63. The van der Waals surface area contributed by atoms with Crippen molar-refractivity contribution in [3.8, 4) is 11.5 Å². The van der Waals surface area contributed by atoms with Gasteiger partial charge in [-0.25, -0.2) is 0 Å². The van der Waals surface area contributed by atoms with Crippen LogP contribution in [-0.2, 0) is 0 Å². The van der Waals surface area contributed by atoms with E-state index >= 15 is 0 Å². The van der Waals surface area contributed by atoms with Crippen molar-refractivity contribution in [1.29, 1.82) is 0 Å². The van der Waals surface area contributed by atoms with E-state index in [1.165, 1.54) is 11.8 Å². The molecule has 0 N–H and O–H groups in total. The van der Waals surface area contributed by atoms with E-state index in [0.29, 0.717) is 16.7 Å². The van der Waals surface area contributed by atoms with Crippen LogP contribution in [0.25, 0.3) is 11.5 Å². The zero-order chi connectivity index (χ0) is 16.2. The largest absolute Gasteiger partial charge is 0.411 e. The van der Waals surface area contributed by atoms with Gasteiger partial charge in [0.1, 0.15) is 0 Å². The van der Waals surface area contributed by atoms with Crippen molar-refractivity contribution in [1.82, 2.24) is 10.2 Å². The number of carbonyl (C=O) groups excluding carboxylic acids is 1. The van der Waals surface area contributed by atoms with Gasteiger partial charge in [0, 0.05) is 11.1 Å². The Kier molecular flexibility index (Phi) is 4.57. The molecule has 0 bridgehead atoms. The van der Waals surface area contributed by atoms with Crippen LogP contribution in [0.2, 0.25) is 0 Å². The summed E-state index contributed by atoms with van der Waals surface area (Å²) >= 11 is 1.28. The van der Waals surface area contributed by atoms with Crippen LogP contribution in [0.5, 0.6) is 0 Å². The second-order valence-electron chi connectivity index (χ2n) is 5.23. The summed E-state index contributed by atoms with van der Waals surface area (Å²) in [6.45, 7) is 3.84. The van der Waals surface area contributed by atoms with E-state index in [-0.39, 0.29) is 11.0 Å². The van der Waals surface area contributed by atoms with E-state index in [1.807, 2.05) is 68.4 Å². The number of Topliss-reactive ketones (excluding diaryl/α,β-unsaturated/α-hetero) is 1. The Morgan fingerprint density at radius 2 is 1.74 bits per heavy atom. The zero-order valence-electron chi connectivity index (χ0n) is 12.9. The van der Waals surface area contributed by atoms with Gasteiger partial charge in [0.2, 0.25) is 5.89 Å². The Morgan fingerprint density at radius 3 is 2.43 bits per heavy atom. The van der Waals surface area contributed by atoms with Crippen molar-refractivity contribution in [2.24, 2.45) is 0 Å². The number of nitrogens with zero attached hydrogens (tertiary/aromatic N) is 2. The molecule has 2 aromatic carbocycles. The minimum Gasteiger partial charge on any atom is -0.411 e. The van der Waals surface area contributed by atoms with Gasteiger partial charge in [-0.15, -0.1) is 10.2 Å². The van der Waals surface area contributed by atoms with Gasteiger partial charge in [-0.05, 0) is 26.0 Å². The Labute approximate surface area is 138 Å². The predicted molar refractivity (Wildman–Crippen MR) is 90.6 cm³/mol. The minimum atomic E-state index is -0.290. The van der Waals surface area contributed by atoms with Gasteiger partial charge in [0.25, 0.3) is 5.22 Å². The van der Waals surface area contributed by atoms with Gasteiger partial charge >= 0.3 is 0 Å². The maximum absolute atomic E-state index is 12.4. The SMILES string of the molecule is Cc1ccc(C(=O)[C@H](C)Sc2nnc(-c3ccccc3)o2)cc1. The molecule has 0 saturated heterocycles. The molecule has 1 aromatic heterocycles. The highest BCUT2D eigenvalue weighted by molar-refractivity contribution is 8.00. The molecule has 0 amide bonds. The first-order chi connectivity index (χ1) is 11.1. The standard InChI is InChI=1S/C18H16N2O2S/c1-12-8-10-14(11-9-12)16(21)13(2)23-18-20-19-17(22-18)15-6-4-3-5-7-15/h3-11,13H,1-2H3/t13-/m0/s1. The van der Waals surface area contributed by atoms with E-state index in [1.54, 1.807) is 0 Å². The van der Waals surface area contributed by atoms with Crippen LogP contribution < -0.4 is 0 Å². The molecule has 0 unspecified atom stereocenters. The van der Waals surface area contributed by atoms with Gasteiger partial charge in [0.05, 0.1) is 5.25 Å². The molecule has 1 atom stereocenters. The van der Waals surface area contributed by atoms with Crippen molar-refractivity contribution < 1.29 is 9.21 Å². The van der Waals surface area contributed by atoms with Crippen LogP contribution in [0.3, 0.4) is 0 Å². The fraction of sp³-hybridized carbons (Fsp3) is 0.167. The fourth-order valence-electron chi connectivity index (χ4n) is 2.11. The minimum absolute atomic E-state index is 0.0504. The van der Waals surface area contributed by atoms with E-state index in [2.05, 4.69) is 10.2 Å². The number of thioether (sulfide) groups is 1. The summed E-state index contributed by atoms with van der Waals surface area (Å²) in [6.07, 6.45) is 0. The highest BCUT2D eigenvalue weighted by atomic mass is 32.2. The molecule has 0 aliphatic rings. The summed E-state index contributed by atoms with van der Waals surface area (Å²) in [5.74, 6) is 0.512. The Bertz CT molecular complexity index is 797. The number of carbonyl (C=O) groups is 1. The number of aromatic nitrogens is 2. The molecular weight excluding hydrogens is 308 g/mol. The average Bonchev–Trinajstić information content (AvgIpc) is 3.04. The smallest absolute Gasteiger partial charge is 0.277 e. The average molecular weight is 324 g/mol. The van der Waals surface area contributed by atoms with Crippen molar-refractivity contribution in [3.63, 3.8) is 0 Å². The number of ketones is 1. The molecule has 3 aromatic rings. The molecule has 4 nitrogen and oxygen atoms in total. The van der Waals surface area contributed by atoms with Crippen LogP contribution in [0.15, 0.2) is 64.2 Å². The van der Waals surface area contributed by atoms with Crippen molar-refractivity contribution in [3.05, 3.63) is 65.7 Å². The van der Waals surface area contributed by atoms with Crippen molar-refractivity contribution in [2.45, 2.75) is 24.3 Å². The molecule has 0 aliphatic heterocycles. The highest BCUT2D eigenvalue weighted by Crippen LogP contribution is 2.27. The first-order valence-corrected chi connectivity index (χ1v) is 8.18. The van der Waals surface area contributed by atoms with Crippen LogP contribution >= 0.6 is 11.8 Å². The van der Waals surface area contributed by atoms with E-state index in [0.717, 1.165) is 11.1 Å². The van der Waals surface area contributed by atoms with Gasteiger partial charge in [0.15, 0.2) is 5.78 Å². The maximum Gasteiger partial charge on any atom is 0.277 e. The van der Waals surface area contributed by atoms with Crippen molar-refractivity contribution in [2.75, 3.05) is 0 Å². The molecule has 1 heterocycles. The summed E-state index contributed by atoms with van der Waals surface area (Å²) in [7, 11) is 0. The first kappa shape index (κ1) is 15.5. The molecule has 0 saturated carbocycles. The molecule has 0 aliphatic carbocycles. The maximum atomic E-state index is 12.4. The summed E-state index contributed by atoms with van der Waals surface area (Å²) in [5.41, 5.74) is 2.69. The normalized spacial score (nSPS) is 12.1. The van der Waals surface area contributed by atoms with Crippen LogP contribution in [0.4, 0.5) is 0 Å². The van der Waals surface area contributed by atoms with Crippen LogP contribution in [0, 0.1) is 6.92 Å². The zero-order valence-corrected chi connectivity index (χ0v) is 13.7. The molecule has 0 spiro atoms. The Balaban J connectivity index is 1.71. The second kappa shape index (κ2) is 6.79. The topological polar surface area (TPSA) is 56.0 Å². The Morgan fingerprint density at radius 1 is 1.04 bits per heavy atom. The van der Waals surface area contributed by atoms with Crippen LogP contribution in [-0.4, -0.2) is 21.2 Å². The third-order valence-corrected chi connectivity index (χ3v) is 4.34. The molecule has 5 heteroatoms. The summed E-state index contributed by atoms with van der Waals surface area (Å²) in [6, 6.07) is 17.1. The molecule has 116 valence electrons. The van der Waals surface area contributed by atoms with E-state index in [9.17, 15) is 4.79 Å². The van der Waals surface area contributed by atoms with Gasteiger partial charge in [-0.3, -0.25) is 4.79 Å². The number of rotatable bonds is 5. The fourth-order valence-corrected chi connectivity index (χ4v) is 2.87. The predicted octanol–water partition coefficient (Wildman–Crippen LogP) is 4.41. The quantitative estimate of drug-likeness (QED) is 0.514. The Hall–Kier alpha value is -2.40. The lowest BCUT2D eigenvalue weighted by atomic mass is 10.1. The van der Waals surface area contributed by atoms with Crippen molar-refractivity contribution >= 4 is 17.5 Å². The summed E-state index contributed by atoms with van der Waals surface area (Å²) in [5, 5.41) is 8.16. The third kappa shape index (κ3) is 3.68. The molecule has 3 rings (SSSR count). The lowest BCUT2D eigenvalue weighted by molar-refractivity contribution is 0.0993. The van der Waals surface area contributed by atoms with Gasteiger partial charge < -0.3 is 4.42 Å². The van der Waals surface area contributed by atoms with Crippen LogP contribution in [0.1, 0.15) is 22.8 Å². The molecule has 0 fully saturated rings. The second-order valence-corrected chi connectivity index (χ2v) is 6.52. The number of hydrogen-bond acceptors (Lipinski definition) is 5. The monoisotopic (exact) mass is 324 g/mol. The molecular formula is C18H16N2O2S. The van der Waals surface area contributed by atoms with E-state index in [4.69, 9.17) is 4.42 Å². The number of aryl methyl sites for hydroxylation is 1. The van der Waals surface area contributed by atoms with Gasteiger partial charge in [-0.2, -0.15) is 0 Å². The van der Waals surface area contributed by atoms with E-state index < -0.39 is 0 Å². The first-order valence-electron chi connectivity index (χ1n) is 7.30. The molecule has 23 heavy (non-hydrogen) atoms. The third-order valence-electron chi connectivity index (χ3n) is 3.41. The number of benzene rings is 2.